The molecule has 0 aliphatic carbocycles. The Morgan fingerprint density at radius 1 is 1.09 bits per heavy atom. The molecule has 0 fully saturated rings. The number of benzene rings is 2. The smallest absolute Gasteiger partial charge is 0.150 e. The molecule has 23 heavy (non-hydrogen) atoms. The lowest BCUT2D eigenvalue weighted by Gasteiger charge is -2.08. The summed E-state index contributed by atoms with van der Waals surface area (Å²) in [6, 6.07) is 12.1. The van der Waals surface area contributed by atoms with Gasteiger partial charge in [0.2, 0.25) is 0 Å². The van der Waals surface area contributed by atoms with Crippen molar-refractivity contribution in [1.82, 2.24) is 0 Å². The molecule has 0 N–H and O–H groups in total. The predicted molar refractivity (Wildman–Crippen MR) is 93.8 cm³/mol. The quantitative estimate of drug-likeness (QED) is 0.448. The molecule has 0 heterocycles. The van der Waals surface area contributed by atoms with Gasteiger partial charge in [0.15, 0.2) is 5.82 Å². The van der Waals surface area contributed by atoms with E-state index in [2.05, 4.69) is 48.1 Å². The first-order valence-electron chi connectivity index (χ1n) is 7.21. The second-order valence-corrected chi connectivity index (χ2v) is 5.53. The normalized spacial score (nSPS) is 9.74. The van der Waals surface area contributed by atoms with Crippen molar-refractivity contribution in [2.45, 2.75) is 13.8 Å². The molecule has 0 aliphatic heterocycles. The molecule has 0 unspecified atom stereocenters. The Balaban J connectivity index is 2.09. The minimum Gasteiger partial charge on any atom is -0.493 e. The van der Waals surface area contributed by atoms with Crippen LogP contribution in [0.1, 0.15) is 25.0 Å². The molecule has 0 atom stereocenters. The van der Waals surface area contributed by atoms with Gasteiger partial charge in [-0.2, -0.15) is 4.99 Å². The van der Waals surface area contributed by atoms with E-state index in [4.69, 9.17) is 4.74 Å². The minimum absolute atomic E-state index is 0.164. The summed E-state index contributed by atoms with van der Waals surface area (Å²) in [7, 11) is 0. The number of thiocarbonyl (C=S) groups is 1. The largest absolute Gasteiger partial charge is 0.493 e. The summed E-state index contributed by atoms with van der Waals surface area (Å²) >= 11 is 4.46. The average molecular weight is 325 g/mol. The van der Waals surface area contributed by atoms with Gasteiger partial charge in [0.25, 0.3) is 0 Å². The Bertz CT molecular complexity index is 781. The maximum atomic E-state index is 13.7. The fourth-order valence-electron chi connectivity index (χ4n) is 1.77. The van der Waals surface area contributed by atoms with E-state index >= 15 is 0 Å². The topological polar surface area (TPSA) is 21.6 Å². The zero-order valence-electron chi connectivity index (χ0n) is 13.0. The van der Waals surface area contributed by atoms with E-state index in [0.29, 0.717) is 18.1 Å². The van der Waals surface area contributed by atoms with Crippen molar-refractivity contribution in [2.24, 2.45) is 10.9 Å². The molecule has 0 amide bonds. The number of nitrogens with zero attached hydrogens (tertiary/aromatic N) is 1. The van der Waals surface area contributed by atoms with Crippen LogP contribution in [0.2, 0.25) is 0 Å². The van der Waals surface area contributed by atoms with Crippen molar-refractivity contribution in [3.05, 3.63) is 59.4 Å². The molecule has 4 heteroatoms. The van der Waals surface area contributed by atoms with Gasteiger partial charge in [-0.15, -0.1) is 0 Å². The molecule has 2 rings (SSSR count). The van der Waals surface area contributed by atoms with E-state index in [1.165, 1.54) is 12.1 Å². The highest BCUT2D eigenvalue weighted by molar-refractivity contribution is 7.78. The van der Waals surface area contributed by atoms with Crippen molar-refractivity contribution >= 4 is 23.1 Å². The van der Waals surface area contributed by atoms with Crippen molar-refractivity contribution in [2.75, 3.05) is 6.61 Å². The number of aliphatic imine (C=N–C) groups is 1. The summed E-state index contributed by atoms with van der Waals surface area (Å²) in [6.07, 6.45) is 0. The second-order valence-electron chi connectivity index (χ2n) is 5.35. The molecule has 0 spiro atoms. The maximum absolute atomic E-state index is 13.7. The Morgan fingerprint density at radius 2 is 1.74 bits per heavy atom. The van der Waals surface area contributed by atoms with E-state index < -0.39 is 5.82 Å². The van der Waals surface area contributed by atoms with Crippen LogP contribution in [-0.2, 0) is 0 Å². The van der Waals surface area contributed by atoms with Crippen LogP contribution in [0.5, 0.6) is 5.75 Å². The van der Waals surface area contributed by atoms with E-state index in [1.807, 2.05) is 24.3 Å². The van der Waals surface area contributed by atoms with Crippen molar-refractivity contribution in [3.8, 4) is 17.6 Å². The highest BCUT2D eigenvalue weighted by Crippen LogP contribution is 2.18. The summed E-state index contributed by atoms with van der Waals surface area (Å²) in [5, 5.41) is 2.15. The number of isothiocyanates is 1. The van der Waals surface area contributed by atoms with Gasteiger partial charge in [0.05, 0.1) is 11.8 Å². The maximum Gasteiger partial charge on any atom is 0.150 e. The molecular formula is C19H16FNOS. The lowest BCUT2D eigenvalue weighted by atomic mass is 10.1. The van der Waals surface area contributed by atoms with Crippen LogP contribution >= 0.6 is 12.2 Å². The van der Waals surface area contributed by atoms with Crippen LogP contribution in [0.3, 0.4) is 0 Å². The Hall–Kier alpha value is -2.47. The van der Waals surface area contributed by atoms with Gasteiger partial charge in [0.1, 0.15) is 11.4 Å². The fourth-order valence-corrected chi connectivity index (χ4v) is 1.86. The van der Waals surface area contributed by atoms with Gasteiger partial charge in [-0.25, -0.2) is 4.39 Å². The first-order chi connectivity index (χ1) is 11.1. The molecule has 2 nitrogen and oxygen atoms in total. The van der Waals surface area contributed by atoms with Gasteiger partial charge in [-0.3, -0.25) is 0 Å². The van der Waals surface area contributed by atoms with Crippen molar-refractivity contribution in [3.63, 3.8) is 0 Å². The number of rotatable bonds is 4. The second kappa shape index (κ2) is 8.24. The predicted octanol–water partition coefficient (Wildman–Crippen LogP) is 4.99. The third kappa shape index (κ3) is 5.34. The molecule has 0 saturated heterocycles. The zero-order chi connectivity index (χ0) is 16.7. The van der Waals surface area contributed by atoms with Crippen LogP contribution in [0.15, 0.2) is 47.5 Å². The number of hydrogen-bond donors (Lipinski definition) is 0. The molecule has 0 radical (unpaired) electrons. The lowest BCUT2D eigenvalue weighted by molar-refractivity contribution is 0.271. The van der Waals surface area contributed by atoms with Gasteiger partial charge >= 0.3 is 0 Å². The third-order valence-electron chi connectivity index (χ3n) is 2.90. The van der Waals surface area contributed by atoms with Gasteiger partial charge in [-0.1, -0.05) is 25.7 Å². The van der Waals surface area contributed by atoms with Crippen LogP contribution in [-0.4, -0.2) is 11.8 Å². The van der Waals surface area contributed by atoms with Crippen molar-refractivity contribution in [1.29, 1.82) is 0 Å². The zero-order valence-corrected chi connectivity index (χ0v) is 13.8. The SMILES string of the molecule is CC(C)COc1ccc(C#Cc2ccc(N=C=S)c(F)c2)cc1. The van der Waals surface area contributed by atoms with Gasteiger partial charge < -0.3 is 4.74 Å². The molecular weight excluding hydrogens is 309 g/mol. The number of hydrogen-bond acceptors (Lipinski definition) is 3. The van der Waals surface area contributed by atoms with Gasteiger partial charge in [0, 0.05) is 11.1 Å². The standard InChI is InChI=1S/C19H16FNOS/c1-14(2)12-22-17-8-5-15(6-9-17)3-4-16-7-10-19(21-13-23)18(20)11-16/h5-11,14H,12H2,1-2H3. The summed E-state index contributed by atoms with van der Waals surface area (Å²) in [4.78, 5) is 3.63. The van der Waals surface area contributed by atoms with Crippen LogP contribution in [0.4, 0.5) is 10.1 Å². The molecule has 0 bridgehead atoms. The summed E-state index contributed by atoms with van der Waals surface area (Å²) < 4.78 is 19.3. The average Bonchev–Trinajstić information content (AvgIpc) is 2.54. The summed E-state index contributed by atoms with van der Waals surface area (Å²) in [5.74, 6) is 6.75. The fraction of sp³-hybridized carbons (Fsp3) is 0.211. The molecule has 0 aliphatic rings. The molecule has 2 aromatic carbocycles. The van der Waals surface area contributed by atoms with E-state index in [0.717, 1.165) is 11.3 Å². The van der Waals surface area contributed by atoms with Crippen LogP contribution in [0.25, 0.3) is 0 Å². The first kappa shape index (κ1) is 16.9. The first-order valence-corrected chi connectivity index (χ1v) is 7.61. The number of halogens is 1. The summed E-state index contributed by atoms with van der Waals surface area (Å²) in [6.45, 7) is 4.88. The van der Waals surface area contributed by atoms with E-state index in [-0.39, 0.29) is 5.69 Å². The minimum atomic E-state index is -0.466. The molecule has 0 aromatic heterocycles. The van der Waals surface area contributed by atoms with Crippen molar-refractivity contribution < 1.29 is 9.13 Å². The Morgan fingerprint density at radius 3 is 2.35 bits per heavy atom. The third-order valence-corrected chi connectivity index (χ3v) is 2.99. The van der Waals surface area contributed by atoms with Crippen LogP contribution in [0, 0.1) is 23.6 Å². The van der Waals surface area contributed by atoms with E-state index in [9.17, 15) is 4.39 Å². The highest BCUT2D eigenvalue weighted by atomic mass is 32.1. The van der Waals surface area contributed by atoms with Crippen LogP contribution < -0.4 is 4.74 Å². The number of ether oxygens (including phenoxy) is 1. The lowest BCUT2D eigenvalue weighted by Crippen LogP contribution is -2.04. The molecule has 116 valence electrons. The Kier molecular flexibility index (Phi) is 6.05. The summed E-state index contributed by atoms with van der Waals surface area (Å²) in [5.41, 5.74) is 1.58. The molecule has 2 aromatic rings. The molecule has 0 saturated carbocycles. The van der Waals surface area contributed by atoms with Gasteiger partial charge in [-0.05, 0) is 60.6 Å². The monoisotopic (exact) mass is 325 g/mol. The van der Waals surface area contributed by atoms with E-state index in [1.54, 1.807) is 6.07 Å². The Labute approximate surface area is 141 Å². The highest BCUT2D eigenvalue weighted by Gasteiger charge is 2.00.